The molecular formula is C32H47F3N4O7. The summed E-state index contributed by atoms with van der Waals surface area (Å²) in [5.74, 6) is -1.34. The Morgan fingerprint density at radius 2 is 1.93 bits per heavy atom. The molecule has 3 aliphatic heterocycles. The van der Waals surface area contributed by atoms with E-state index in [0.717, 1.165) is 37.9 Å². The molecule has 2 N–H and O–H groups in total. The van der Waals surface area contributed by atoms with Crippen molar-refractivity contribution in [2.45, 2.75) is 83.2 Å². The molecule has 0 saturated carbocycles. The molecule has 0 aliphatic carbocycles. The number of anilines is 1. The third kappa shape index (κ3) is 8.62. The van der Waals surface area contributed by atoms with Crippen molar-refractivity contribution in [2.24, 2.45) is 5.92 Å². The van der Waals surface area contributed by atoms with Gasteiger partial charge in [0.1, 0.15) is 12.4 Å². The molecule has 1 aromatic carbocycles. The molecule has 1 unspecified atom stereocenters. The lowest BCUT2D eigenvalue weighted by Crippen LogP contribution is -2.58. The molecule has 258 valence electrons. The van der Waals surface area contributed by atoms with E-state index >= 15 is 0 Å². The molecule has 46 heavy (non-hydrogen) atoms. The lowest BCUT2D eigenvalue weighted by atomic mass is 9.96. The van der Waals surface area contributed by atoms with Gasteiger partial charge >= 0.3 is 12.3 Å². The number of rotatable bonds is 12. The number of alkyl carbamates (subject to hydrolysis) is 1. The van der Waals surface area contributed by atoms with Gasteiger partial charge in [0.25, 0.3) is 11.8 Å². The number of hydrogen-bond donors (Lipinski definition) is 2. The summed E-state index contributed by atoms with van der Waals surface area (Å²) in [4.78, 5) is 43.3. The van der Waals surface area contributed by atoms with E-state index in [4.69, 9.17) is 18.9 Å². The predicted octanol–water partition coefficient (Wildman–Crippen LogP) is 4.37. The number of nitrogens with zero attached hydrogens (tertiary/aromatic N) is 2. The molecule has 2 fully saturated rings. The van der Waals surface area contributed by atoms with E-state index in [9.17, 15) is 27.6 Å². The maximum Gasteiger partial charge on any atom is 0.417 e. The third-order valence-corrected chi connectivity index (χ3v) is 8.75. The zero-order valence-electron chi connectivity index (χ0n) is 27.2. The highest BCUT2D eigenvalue weighted by atomic mass is 19.4. The van der Waals surface area contributed by atoms with Crippen molar-refractivity contribution >= 4 is 23.6 Å². The summed E-state index contributed by atoms with van der Waals surface area (Å²) in [5.41, 5.74) is -3.45. The van der Waals surface area contributed by atoms with Gasteiger partial charge in [0.2, 0.25) is 5.60 Å². The van der Waals surface area contributed by atoms with Gasteiger partial charge in [-0.15, -0.1) is 0 Å². The third-order valence-electron chi connectivity index (χ3n) is 8.75. The van der Waals surface area contributed by atoms with Crippen LogP contribution in [0.2, 0.25) is 0 Å². The predicted molar refractivity (Wildman–Crippen MR) is 164 cm³/mol. The zero-order valence-corrected chi connectivity index (χ0v) is 27.2. The Morgan fingerprint density at radius 3 is 2.57 bits per heavy atom. The molecule has 4 rings (SSSR count). The number of nitrogens with one attached hydrogen (secondary N) is 2. The molecule has 3 aliphatic rings. The standard InChI is InChI=1S/C32H47F3N4O7/c1-21(2)39(23-8-7-11-36-19-23)28(40)24-16-26-27(17-25(24)32(33,34)35)46-31(3,29(41)38(26)12-5-6-13-43-4)20-45-30(42)37-18-22-9-14-44-15-10-22/h16-17,21-23,36H,5-15,18-20H2,1-4H3,(H,37,42)/t23-,31?/m1/s1. The molecule has 3 amide bonds. The second-order valence-corrected chi connectivity index (χ2v) is 12.7. The van der Waals surface area contributed by atoms with Gasteiger partial charge in [0, 0.05) is 58.6 Å². The Hall–Kier alpha value is -3.10. The van der Waals surface area contributed by atoms with Crippen LogP contribution >= 0.6 is 0 Å². The normalized spacial score (nSPS) is 22.3. The summed E-state index contributed by atoms with van der Waals surface area (Å²) >= 11 is 0. The average molecular weight is 657 g/mol. The van der Waals surface area contributed by atoms with Gasteiger partial charge < -0.3 is 39.4 Å². The van der Waals surface area contributed by atoms with Crippen LogP contribution in [0.25, 0.3) is 0 Å². The molecule has 11 nitrogen and oxygen atoms in total. The smallest absolute Gasteiger partial charge is 0.417 e. The van der Waals surface area contributed by atoms with Gasteiger partial charge in [0.05, 0.1) is 16.8 Å². The van der Waals surface area contributed by atoms with Crippen LogP contribution in [0.5, 0.6) is 5.75 Å². The zero-order chi connectivity index (χ0) is 33.5. The highest BCUT2D eigenvalue weighted by molar-refractivity contribution is 6.05. The van der Waals surface area contributed by atoms with Gasteiger partial charge in [-0.25, -0.2) is 4.79 Å². The first-order valence-electron chi connectivity index (χ1n) is 16.1. The van der Waals surface area contributed by atoms with Gasteiger partial charge in [-0.1, -0.05) is 0 Å². The number of methoxy groups -OCH3 is 1. The largest absolute Gasteiger partial charge is 0.472 e. The number of piperidine rings is 1. The summed E-state index contributed by atoms with van der Waals surface area (Å²) in [6.45, 7) is 7.81. The Bertz CT molecular complexity index is 1220. The monoisotopic (exact) mass is 656 g/mol. The summed E-state index contributed by atoms with van der Waals surface area (Å²) < 4.78 is 65.6. The van der Waals surface area contributed by atoms with Crippen molar-refractivity contribution in [1.82, 2.24) is 15.5 Å². The summed E-state index contributed by atoms with van der Waals surface area (Å²) in [6.07, 6.45) is -1.54. The highest BCUT2D eigenvalue weighted by Crippen LogP contribution is 2.45. The van der Waals surface area contributed by atoms with Crippen molar-refractivity contribution in [3.8, 4) is 5.75 Å². The summed E-state index contributed by atoms with van der Waals surface area (Å²) in [5, 5.41) is 5.92. The fraction of sp³-hybridized carbons (Fsp3) is 0.719. The van der Waals surface area contributed by atoms with Crippen LogP contribution in [0.4, 0.5) is 23.7 Å². The molecule has 2 saturated heterocycles. The van der Waals surface area contributed by atoms with Crippen molar-refractivity contribution in [3.63, 3.8) is 0 Å². The van der Waals surface area contributed by atoms with Crippen LogP contribution in [0.15, 0.2) is 12.1 Å². The Kier molecular flexibility index (Phi) is 12.2. The maximum absolute atomic E-state index is 14.6. The second kappa shape index (κ2) is 15.7. The molecule has 14 heteroatoms. The topological polar surface area (TPSA) is 119 Å². The van der Waals surface area contributed by atoms with E-state index in [1.165, 1.54) is 16.7 Å². The van der Waals surface area contributed by atoms with E-state index in [0.29, 0.717) is 52.2 Å². The molecule has 1 aromatic rings. The Balaban J connectivity index is 1.65. The highest BCUT2D eigenvalue weighted by Gasteiger charge is 2.48. The van der Waals surface area contributed by atoms with Crippen LogP contribution in [0.1, 0.15) is 75.2 Å². The van der Waals surface area contributed by atoms with Crippen LogP contribution < -0.4 is 20.3 Å². The molecule has 2 atom stereocenters. The Labute approximate surface area is 268 Å². The van der Waals surface area contributed by atoms with Crippen molar-refractivity contribution in [1.29, 1.82) is 0 Å². The minimum Gasteiger partial charge on any atom is -0.472 e. The lowest BCUT2D eigenvalue weighted by molar-refractivity contribution is -0.139. The van der Waals surface area contributed by atoms with Crippen LogP contribution in [0, 0.1) is 5.92 Å². The number of alkyl halides is 3. The number of fused-ring (bicyclic) bond motifs is 1. The molecule has 0 aromatic heterocycles. The quantitative estimate of drug-likeness (QED) is 0.319. The molecule has 0 radical (unpaired) electrons. The number of carbonyl (C=O) groups excluding carboxylic acids is 3. The van der Waals surface area contributed by atoms with Gasteiger partial charge in [-0.05, 0) is 83.9 Å². The maximum atomic E-state index is 14.6. The van der Waals surface area contributed by atoms with Crippen LogP contribution in [-0.2, 0) is 25.2 Å². The van der Waals surface area contributed by atoms with Crippen molar-refractivity contribution < 1.29 is 46.5 Å². The average Bonchev–Trinajstić information content (AvgIpc) is 3.02. The first-order chi connectivity index (χ1) is 21.9. The Morgan fingerprint density at radius 1 is 1.20 bits per heavy atom. The second-order valence-electron chi connectivity index (χ2n) is 12.7. The number of unbranched alkanes of at least 4 members (excludes halogenated alkanes) is 1. The van der Waals surface area contributed by atoms with Gasteiger partial charge in [0.15, 0.2) is 0 Å². The number of benzene rings is 1. The number of hydrogen-bond acceptors (Lipinski definition) is 8. The fourth-order valence-corrected chi connectivity index (χ4v) is 6.25. The minimum absolute atomic E-state index is 0.0608. The van der Waals surface area contributed by atoms with Gasteiger partial charge in [-0.3, -0.25) is 9.59 Å². The van der Waals surface area contributed by atoms with E-state index in [2.05, 4.69) is 10.6 Å². The van der Waals surface area contributed by atoms with E-state index < -0.39 is 47.4 Å². The minimum atomic E-state index is -4.89. The van der Waals surface area contributed by atoms with Crippen LogP contribution in [-0.4, -0.2) is 100 Å². The van der Waals surface area contributed by atoms with Crippen molar-refractivity contribution in [3.05, 3.63) is 23.3 Å². The lowest BCUT2D eigenvalue weighted by Gasteiger charge is -2.41. The summed E-state index contributed by atoms with van der Waals surface area (Å²) in [7, 11) is 1.55. The van der Waals surface area contributed by atoms with E-state index in [1.54, 1.807) is 21.0 Å². The summed E-state index contributed by atoms with van der Waals surface area (Å²) in [6, 6.07) is 1.27. The number of carbonyl (C=O) groups is 3. The SMILES string of the molecule is COCCCCN1C(=O)C(C)(COC(=O)NCC2CCOCC2)Oc2cc(C(F)(F)F)c(C(=O)N(C(C)C)[C@@H]3CCCNC3)cc21. The molecular weight excluding hydrogens is 609 g/mol. The molecule has 0 spiro atoms. The van der Waals surface area contributed by atoms with E-state index in [1.807, 2.05) is 0 Å². The molecule has 0 bridgehead atoms. The number of halogens is 3. The number of ether oxygens (including phenoxy) is 4. The number of amides is 3. The first-order valence-corrected chi connectivity index (χ1v) is 16.1. The van der Waals surface area contributed by atoms with Crippen molar-refractivity contribution in [2.75, 3.05) is 64.6 Å². The molecule has 3 heterocycles. The first kappa shape index (κ1) is 35.7. The van der Waals surface area contributed by atoms with Gasteiger partial charge in [-0.2, -0.15) is 13.2 Å². The van der Waals surface area contributed by atoms with E-state index in [-0.39, 0.29) is 36.0 Å². The van der Waals surface area contributed by atoms with Crippen LogP contribution in [0.3, 0.4) is 0 Å². The fourth-order valence-electron chi connectivity index (χ4n) is 6.25.